The molecule has 0 amide bonds. The fourth-order valence-electron chi connectivity index (χ4n) is 1.85. The summed E-state index contributed by atoms with van der Waals surface area (Å²) in [4.78, 5) is 18.0. The summed E-state index contributed by atoms with van der Waals surface area (Å²) in [7, 11) is 0. The number of hydrogen-bond acceptors (Lipinski definition) is 6. The van der Waals surface area contributed by atoms with Gasteiger partial charge in [0.05, 0.1) is 19.3 Å². The fourth-order valence-corrected chi connectivity index (χ4v) is 2.68. The minimum Gasteiger partial charge on any atom is -0.461 e. The number of aromatic nitrogens is 1. The molecular weight excluding hydrogens is 252 g/mol. The summed E-state index contributed by atoms with van der Waals surface area (Å²) >= 11 is 1.48. The van der Waals surface area contributed by atoms with Crippen molar-refractivity contribution in [2.45, 2.75) is 26.4 Å². The van der Waals surface area contributed by atoms with E-state index in [-0.39, 0.29) is 12.1 Å². The van der Waals surface area contributed by atoms with Gasteiger partial charge in [-0.05, 0) is 13.3 Å². The van der Waals surface area contributed by atoms with Crippen LogP contribution in [0.5, 0.6) is 0 Å². The van der Waals surface area contributed by atoms with Crippen molar-refractivity contribution in [1.82, 2.24) is 4.98 Å². The van der Waals surface area contributed by atoms with E-state index in [0.717, 1.165) is 24.6 Å². The van der Waals surface area contributed by atoms with Gasteiger partial charge in [0.1, 0.15) is 0 Å². The van der Waals surface area contributed by atoms with E-state index < -0.39 is 0 Å². The van der Waals surface area contributed by atoms with E-state index in [1.807, 2.05) is 0 Å². The molecule has 0 aromatic carbocycles. The Morgan fingerprint density at radius 3 is 3.22 bits per heavy atom. The van der Waals surface area contributed by atoms with Crippen LogP contribution in [0.2, 0.25) is 0 Å². The molecule has 6 heteroatoms. The molecule has 0 saturated carbocycles. The summed E-state index contributed by atoms with van der Waals surface area (Å²) in [6, 6.07) is 0. The van der Waals surface area contributed by atoms with Gasteiger partial charge in [-0.15, -0.1) is 11.3 Å². The molecule has 1 fully saturated rings. The molecule has 1 unspecified atom stereocenters. The average molecular weight is 270 g/mol. The Morgan fingerprint density at radius 2 is 2.50 bits per heavy atom. The minimum absolute atomic E-state index is 0.258. The van der Waals surface area contributed by atoms with Crippen molar-refractivity contribution in [2.75, 3.05) is 31.2 Å². The van der Waals surface area contributed by atoms with Crippen LogP contribution in [0.1, 0.15) is 30.8 Å². The van der Waals surface area contributed by atoms with Crippen molar-refractivity contribution in [2.24, 2.45) is 0 Å². The van der Waals surface area contributed by atoms with Crippen LogP contribution in [0.25, 0.3) is 0 Å². The van der Waals surface area contributed by atoms with Crippen LogP contribution in [0, 0.1) is 0 Å². The molecular formula is C12H18N2O3S. The molecule has 1 aliphatic heterocycles. The molecule has 1 aliphatic rings. The molecule has 0 aliphatic carbocycles. The zero-order valence-corrected chi connectivity index (χ0v) is 11.5. The molecule has 5 nitrogen and oxygen atoms in total. The maximum Gasteiger partial charge on any atom is 0.357 e. The largest absolute Gasteiger partial charge is 0.461 e. The topological polar surface area (TPSA) is 51.7 Å². The van der Waals surface area contributed by atoms with E-state index in [4.69, 9.17) is 9.47 Å². The van der Waals surface area contributed by atoms with Crippen LogP contribution in [-0.2, 0) is 9.47 Å². The summed E-state index contributed by atoms with van der Waals surface area (Å²) in [6.45, 7) is 6.66. The van der Waals surface area contributed by atoms with Gasteiger partial charge in [0.2, 0.25) is 0 Å². The number of morpholine rings is 1. The Hall–Kier alpha value is -1.14. The normalized spacial score (nSPS) is 19.9. The predicted molar refractivity (Wildman–Crippen MR) is 70.3 cm³/mol. The van der Waals surface area contributed by atoms with Gasteiger partial charge in [-0.3, -0.25) is 0 Å². The van der Waals surface area contributed by atoms with Crippen molar-refractivity contribution < 1.29 is 14.3 Å². The second-order valence-electron chi connectivity index (χ2n) is 4.08. The lowest BCUT2D eigenvalue weighted by Gasteiger charge is -2.32. The molecule has 0 radical (unpaired) electrons. The zero-order valence-electron chi connectivity index (χ0n) is 10.7. The van der Waals surface area contributed by atoms with E-state index in [0.29, 0.717) is 18.9 Å². The van der Waals surface area contributed by atoms with Crippen LogP contribution < -0.4 is 4.90 Å². The van der Waals surface area contributed by atoms with E-state index in [1.165, 1.54) is 11.3 Å². The van der Waals surface area contributed by atoms with Crippen molar-refractivity contribution in [1.29, 1.82) is 0 Å². The number of esters is 1. The van der Waals surface area contributed by atoms with Crippen LogP contribution in [0.15, 0.2) is 5.38 Å². The van der Waals surface area contributed by atoms with E-state index in [9.17, 15) is 4.79 Å². The lowest BCUT2D eigenvalue weighted by atomic mass is 10.2. The number of carbonyl (C=O) groups excluding carboxylic acids is 1. The first kappa shape index (κ1) is 13.3. The highest BCUT2D eigenvalue weighted by molar-refractivity contribution is 7.13. The van der Waals surface area contributed by atoms with Gasteiger partial charge in [0.25, 0.3) is 0 Å². The highest BCUT2D eigenvalue weighted by Crippen LogP contribution is 2.23. The Bertz CT molecular complexity index is 408. The van der Waals surface area contributed by atoms with Gasteiger partial charge in [-0.2, -0.15) is 0 Å². The van der Waals surface area contributed by atoms with Crippen LogP contribution in [0.4, 0.5) is 5.13 Å². The first-order valence-corrected chi connectivity index (χ1v) is 7.11. The van der Waals surface area contributed by atoms with Crippen LogP contribution in [-0.4, -0.2) is 43.4 Å². The summed E-state index contributed by atoms with van der Waals surface area (Å²) in [5, 5.41) is 2.63. The lowest BCUT2D eigenvalue weighted by Crippen LogP contribution is -2.42. The quantitative estimate of drug-likeness (QED) is 0.783. The maximum absolute atomic E-state index is 11.5. The van der Waals surface area contributed by atoms with E-state index >= 15 is 0 Å². The van der Waals surface area contributed by atoms with Gasteiger partial charge in [-0.25, -0.2) is 9.78 Å². The van der Waals surface area contributed by atoms with E-state index in [1.54, 1.807) is 12.3 Å². The van der Waals surface area contributed by atoms with Gasteiger partial charge >= 0.3 is 5.97 Å². The molecule has 2 heterocycles. The molecule has 2 rings (SSSR count). The molecule has 0 spiro atoms. The van der Waals surface area contributed by atoms with Gasteiger partial charge < -0.3 is 14.4 Å². The molecule has 0 N–H and O–H groups in total. The van der Waals surface area contributed by atoms with Gasteiger partial charge in [-0.1, -0.05) is 6.92 Å². The van der Waals surface area contributed by atoms with Crippen molar-refractivity contribution in [3.8, 4) is 0 Å². The second-order valence-corrected chi connectivity index (χ2v) is 4.92. The molecule has 1 aromatic rings. The minimum atomic E-state index is -0.347. The average Bonchev–Trinajstić information content (AvgIpc) is 2.89. The SMILES string of the molecule is CCOC(=O)c1csc(N2CCOC(CC)C2)n1. The standard InChI is InChI=1S/C12H18N2O3S/c1-3-9-7-14(5-6-17-9)12-13-10(8-18-12)11(15)16-4-2/h8-9H,3-7H2,1-2H3. The summed E-state index contributed by atoms with van der Waals surface area (Å²) in [6.07, 6.45) is 1.25. The number of nitrogens with zero attached hydrogens (tertiary/aromatic N) is 2. The number of anilines is 1. The third-order valence-corrected chi connectivity index (χ3v) is 3.74. The van der Waals surface area contributed by atoms with Crippen LogP contribution >= 0.6 is 11.3 Å². The summed E-state index contributed by atoms with van der Waals surface area (Å²) < 4.78 is 10.5. The molecule has 100 valence electrons. The first-order chi connectivity index (χ1) is 8.74. The molecule has 1 saturated heterocycles. The Kier molecular flexibility index (Phi) is 4.54. The summed E-state index contributed by atoms with van der Waals surface area (Å²) in [5.74, 6) is -0.347. The molecule has 1 aromatic heterocycles. The number of ether oxygens (including phenoxy) is 2. The Labute approximate surface area is 111 Å². The second kappa shape index (κ2) is 6.15. The highest BCUT2D eigenvalue weighted by atomic mass is 32.1. The van der Waals surface area contributed by atoms with Gasteiger partial charge in [0, 0.05) is 18.5 Å². The molecule has 0 bridgehead atoms. The third kappa shape index (κ3) is 3.00. The predicted octanol–water partition coefficient (Wildman–Crippen LogP) is 1.94. The molecule has 1 atom stereocenters. The van der Waals surface area contributed by atoms with Crippen molar-refractivity contribution in [3.05, 3.63) is 11.1 Å². The van der Waals surface area contributed by atoms with Crippen molar-refractivity contribution in [3.63, 3.8) is 0 Å². The highest BCUT2D eigenvalue weighted by Gasteiger charge is 2.22. The van der Waals surface area contributed by atoms with Crippen molar-refractivity contribution >= 4 is 22.4 Å². The lowest BCUT2D eigenvalue weighted by molar-refractivity contribution is 0.0384. The fraction of sp³-hybridized carbons (Fsp3) is 0.667. The number of rotatable bonds is 4. The number of thiazole rings is 1. The summed E-state index contributed by atoms with van der Waals surface area (Å²) in [5.41, 5.74) is 0.399. The maximum atomic E-state index is 11.5. The third-order valence-electron chi connectivity index (χ3n) is 2.84. The smallest absolute Gasteiger partial charge is 0.357 e. The van der Waals surface area contributed by atoms with Crippen LogP contribution in [0.3, 0.4) is 0 Å². The Balaban J connectivity index is 2.03. The Morgan fingerprint density at radius 1 is 1.67 bits per heavy atom. The first-order valence-electron chi connectivity index (χ1n) is 6.23. The zero-order chi connectivity index (χ0) is 13.0. The van der Waals surface area contributed by atoms with Gasteiger partial charge in [0.15, 0.2) is 10.8 Å². The monoisotopic (exact) mass is 270 g/mol. The van der Waals surface area contributed by atoms with E-state index in [2.05, 4.69) is 16.8 Å². The number of hydrogen-bond donors (Lipinski definition) is 0. The number of carbonyl (C=O) groups is 1. The molecule has 18 heavy (non-hydrogen) atoms.